The molecule has 0 atom stereocenters. The molecule has 0 bridgehead atoms. The summed E-state index contributed by atoms with van der Waals surface area (Å²) in [6.07, 6.45) is 6.82. The number of carboxylic acid groups (broad SMARTS) is 1. The van der Waals surface area contributed by atoms with Gasteiger partial charge in [-0.1, -0.05) is 12.2 Å². The van der Waals surface area contributed by atoms with Crippen molar-refractivity contribution in [1.29, 1.82) is 0 Å². The zero-order chi connectivity index (χ0) is 25.7. The Kier molecular flexibility index (Phi) is 9.56. The van der Waals surface area contributed by atoms with E-state index in [1.807, 2.05) is 0 Å². The number of hydrogen-bond donors (Lipinski definition) is 1. The number of fused-ring (bicyclic) bond motifs is 1. The van der Waals surface area contributed by atoms with Crippen LogP contribution in [0, 0.1) is 22.9 Å². The molecule has 1 saturated heterocycles. The number of ether oxygens (including phenoxy) is 1. The van der Waals surface area contributed by atoms with E-state index >= 15 is 0 Å². The normalized spacial score (nSPS) is 15.6. The summed E-state index contributed by atoms with van der Waals surface area (Å²) in [5.41, 5.74) is 0.498. The van der Waals surface area contributed by atoms with Crippen molar-refractivity contribution in [2.45, 2.75) is 32.1 Å². The van der Waals surface area contributed by atoms with Crippen LogP contribution in [-0.4, -0.2) is 47.7 Å². The minimum absolute atomic E-state index is 0. The number of aliphatic carboxylic acids is 1. The molecule has 9 heteroatoms. The average Bonchev–Trinajstić information content (AvgIpc) is 2.88. The zero-order valence-electron chi connectivity index (χ0n) is 20.6. The van der Waals surface area contributed by atoms with Crippen molar-refractivity contribution >= 4 is 35.4 Å². The monoisotopic (exact) mass is 534 g/mol. The van der Waals surface area contributed by atoms with Gasteiger partial charge in [-0.25, -0.2) is 13.2 Å². The molecule has 37 heavy (non-hydrogen) atoms. The molecule has 3 aromatic rings. The van der Waals surface area contributed by atoms with Crippen molar-refractivity contribution < 1.29 is 27.8 Å². The highest BCUT2D eigenvalue weighted by Crippen LogP contribution is 2.37. The fraction of sp³-hybridized carbons (Fsp3) is 0.357. The molecule has 0 radical (unpaired) electrons. The summed E-state index contributed by atoms with van der Waals surface area (Å²) >= 11 is 0. The largest absolute Gasteiger partial charge is 0.497 e. The lowest BCUT2D eigenvalue weighted by molar-refractivity contribution is -0.152. The molecular weight excluding hydrogens is 505 g/mol. The Labute approximate surface area is 220 Å². The first kappa shape index (κ1) is 28.5. The van der Waals surface area contributed by atoms with Gasteiger partial charge in [-0.15, -0.1) is 12.4 Å². The number of nitrogens with zero attached hydrogens (tertiary/aromatic N) is 2. The van der Waals surface area contributed by atoms with Crippen LogP contribution < -0.4 is 4.74 Å². The van der Waals surface area contributed by atoms with E-state index in [1.54, 1.807) is 37.5 Å². The number of aryl methyl sites for hydroxylation is 1. The predicted octanol–water partition coefficient (Wildman–Crippen LogP) is 6.29. The number of methoxy groups -OCH3 is 1. The third kappa shape index (κ3) is 6.62. The van der Waals surface area contributed by atoms with Crippen LogP contribution in [0.25, 0.3) is 17.0 Å². The van der Waals surface area contributed by atoms with Gasteiger partial charge in [-0.2, -0.15) is 0 Å². The molecule has 2 aromatic carbocycles. The van der Waals surface area contributed by atoms with Gasteiger partial charge in [0.2, 0.25) is 0 Å². The predicted molar refractivity (Wildman–Crippen MR) is 140 cm³/mol. The maximum atomic E-state index is 14.6. The lowest BCUT2D eigenvalue weighted by Gasteiger charge is -2.38. The summed E-state index contributed by atoms with van der Waals surface area (Å²) in [6.45, 7) is 1.67. The van der Waals surface area contributed by atoms with Crippen LogP contribution in [0.3, 0.4) is 0 Å². The first-order valence-electron chi connectivity index (χ1n) is 12.0. The van der Waals surface area contributed by atoms with E-state index < -0.39 is 28.8 Å². The van der Waals surface area contributed by atoms with Crippen LogP contribution in [0.1, 0.15) is 36.8 Å². The summed E-state index contributed by atoms with van der Waals surface area (Å²) in [6, 6.07) is 8.62. The Bertz CT molecular complexity index is 1280. The third-order valence-corrected chi connectivity index (χ3v) is 7.10. The van der Waals surface area contributed by atoms with Crippen molar-refractivity contribution in [3.8, 4) is 5.75 Å². The second-order valence-corrected chi connectivity index (χ2v) is 9.28. The smallest absolute Gasteiger partial charge is 0.309 e. The molecule has 0 saturated carbocycles. The fourth-order valence-electron chi connectivity index (χ4n) is 4.89. The van der Waals surface area contributed by atoms with E-state index in [2.05, 4.69) is 9.88 Å². The average molecular weight is 535 g/mol. The van der Waals surface area contributed by atoms with E-state index in [0.29, 0.717) is 74.0 Å². The van der Waals surface area contributed by atoms with E-state index in [-0.39, 0.29) is 18.0 Å². The lowest BCUT2D eigenvalue weighted by Crippen LogP contribution is -2.44. The summed E-state index contributed by atoms with van der Waals surface area (Å²) in [4.78, 5) is 18.5. The number of pyridine rings is 1. The number of benzene rings is 2. The summed E-state index contributed by atoms with van der Waals surface area (Å²) < 4.78 is 47.0. The number of piperidine rings is 1. The Morgan fingerprint density at radius 2 is 1.89 bits per heavy atom. The molecule has 4 rings (SSSR count). The number of aromatic nitrogens is 1. The fourth-order valence-corrected chi connectivity index (χ4v) is 4.89. The molecule has 2 heterocycles. The highest BCUT2D eigenvalue weighted by Gasteiger charge is 2.40. The second kappa shape index (κ2) is 12.4. The van der Waals surface area contributed by atoms with Crippen molar-refractivity contribution in [3.05, 3.63) is 77.2 Å². The van der Waals surface area contributed by atoms with Gasteiger partial charge in [0, 0.05) is 17.5 Å². The first-order chi connectivity index (χ1) is 17.3. The van der Waals surface area contributed by atoms with Crippen molar-refractivity contribution in [2.24, 2.45) is 5.41 Å². The molecule has 5 nitrogen and oxygen atoms in total. The minimum atomic E-state index is -0.869. The maximum Gasteiger partial charge on any atom is 0.309 e. The van der Waals surface area contributed by atoms with E-state index in [1.165, 1.54) is 6.20 Å². The summed E-state index contributed by atoms with van der Waals surface area (Å²) in [7, 11) is 1.55. The molecule has 1 fully saturated rings. The molecule has 0 amide bonds. The minimum Gasteiger partial charge on any atom is -0.497 e. The van der Waals surface area contributed by atoms with Gasteiger partial charge in [0.1, 0.15) is 23.2 Å². The number of likely N-dealkylation sites (tertiary alicyclic amines) is 1. The second-order valence-electron chi connectivity index (χ2n) is 9.28. The molecule has 1 N–H and O–H groups in total. The summed E-state index contributed by atoms with van der Waals surface area (Å²) in [5, 5.41) is 10.7. The number of carbonyl (C=O) groups is 1. The van der Waals surface area contributed by atoms with Crippen LogP contribution >= 0.6 is 12.4 Å². The van der Waals surface area contributed by atoms with Gasteiger partial charge in [0.05, 0.1) is 24.2 Å². The standard InChI is InChI=1S/C28H29F3N2O3.ClH/c1-36-21-7-9-26-23(17-21)22(25(31)18-32-26)5-2-10-28(27(34)35)11-14-33(15-12-28)13-3-4-19-16-20(29)6-8-24(19)30;/h3-4,6-9,16-18H,2,5,10-15H2,1H3,(H,34,35);1H/b4-3+;. The highest BCUT2D eigenvalue weighted by atomic mass is 35.5. The van der Waals surface area contributed by atoms with E-state index in [4.69, 9.17) is 4.74 Å². The van der Waals surface area contributed by atoms with Gasteiger partial charge in [-0.05, 0) is 87.2 Å². The van der Waals surface area contributed by atoms with Crippen molar-refractivity contribution in [1.82, 2.24) is 9.88 Å². The molecule has 0 unspecified atom stereocenters. The SMILES string of the molecule is COc1ccc2ncc(F)c(CCCC3(C(=O)O)CCN(C/C=C/c4cc(F)ccc4F)CC3)c2c1.Cl. The molecule has 198 valence electrons. The van der Waals surface area contributed by atoms with Crippen molar-refractivity contribution in [3.63, 3.8) is 0 Å². The number of halogens is 4. The van der Waals surface area contributed by atoms with Crippen LogP contribution in [0.4, 0.5) is 13.2 Å². The molecule has 1 aliphatic heterocycles. The molecule has 0 spiro atoms. The van der Waals surface area contributed by atoms with Gasteiger partial charge in [0.25, 0.3) is 0 Å². The Balaban J connectivity index is 0.00000380. The topological polar surface area (TPSA) is 62.7 Å². The molecule has 1 aliphatic rings. The number of rotatable bonds is 9. The van der Waals surface area contributed by atoms with Gasteiger partial charge in [0.15, 0.2) is 0 Å². The zero-order valence-corrected chi connectivity index (χ0v) is 21.4. The highest BCUT2D eigenvalue weighted by molar-refractivity contribution is 5.85. The van der Waals surface area contributed by atoms with Crippen LogP contribution in [-0.2, 0) is 11.2 Å². The first-order valence-corrected chi connectivity index (χ1v) is 12.0. The molecule has 1 aromatic heterocycles. The number of hydrogen-bond acceptors (Lipinski definition) is 4. The Morgan fingerprint density at radius 3 is 2.59 bits per heavy atom. The van der Waals surface area contributed by atoms with E-state index in [9.17, 15) is 23.1 Å². The maximum absolute atomic E-state index is 14.6. The molecule has 0 aliphatic carbocycles. The Hall–Kier alpha value is -3.10. The van der Waals surface area contributed by atoms with Crippen LogP contribution in [0.2, 0.25) is 0 Å². The van der Waals surface area contributed by atoms with Gasteiger partial charge in [-0.3, -0.25) is 14.7 Å². The van der Waals surface area contributed by atoms with Gasteiger partial charge >= 0.3 is 5.97 Å². The molecular formula is C28H30ClF3N2O3. The van der Waals surface area contributed by atoms with Gasteiger partial charge < -0.3 is 9.84 Å². The number of carboxylic acids is 1. The van der Waals surface area contributed by atoms with Crippen LogP contribution in [0.15, 0.2) is 48.7 Å². The quantitative estimate of drug-likeness (QED) is 0.350. The summed E-state index contributed by atoms with van der Waals surface area (Å²) in [5.74, 6) is -1.62. The Morgan fingerprint density at radius 1 is 1.14 bits per heavy atom. The third-order valence-electron chi connectivity index (χ3n) is 7.10. The van der Waals surface area contributed by atoms with Crippen molar-refractivity contribution in [2.75, 3.05) is 26.7 Å². The van der Waals surface area contributed by atoms with Crippen LogP contribution in [0.5, 0.6) is 5.75 Å². The van der Waals surface area contributed by atoms with E-state index in [0.717, 1.165) is 18.2 Å². The lowest BCUT2D eigenvalue weighted by atomic mass is 9.74.